The van der Waals surface area contributed by atoms with Crippen LogP contribution < -0.4 is 0 Å². The van der Waals surface area contributed by atoms with Crippen LogP contribution >= 0.6 is 0 Å². The highest BCUT2D eigenvalue weighted by Gasteiger charge is 2.30. The van der Waals surface area contributed by atoms with Crippen molar-refractivity contribution in [2.75, 3.05) is 6.61 Å². The number of hydrogen-bond acceptors (Lipinski definition) is 2. The van der Waals surface area contributed by atoms with Gasteiger partial charge in [0.2, 0.25) is 0 Å². The average Bonchev–Trinajstić information content (AvgIpc) is 2.63. The van der Waals surface area contributed by atoms with Crippen molar-refractivity contribution in [3.8, 4) is 0 Å². The minimum Gasteiger partial charge on any atom is -0.368 e. The fraction of sp³-hybridized carbons (Fsp3) is 1.00. The molecule has 0 spiro atoms. The number of aliphatic hydroxyl groups is 1. The molecular formula is C8H16O2. The van der Waals surface area contributed by atoms with E-state index in [1.165, 1.54) is 0 Å². The second-order valence-electron chi connectivity index (χ2n) is 3.46. The van der Waals surface area contributed by atoms with Gasteiger partial charge in [0, 0.05) is 5.92 Å². The van der Waals surface area contributed by atoms with E-state index in [1.807, 2.05) is 0 Å². The van der Waals surface area contributed by atoms with Crippen LogP contribution in [0.3, 0.4) is 0 Å². The molecule has 0 radical (unpaired) electrons. The van der Waals surface area contributed by atoms with Gasteiger partial charge >= 0.3 is 0 Å². The van der Waals surface area contributed by atoms with Crippen LogP contribution in [0, 0.1) is 11.8 Å². The van der Waals surface area contributed by atoms with E-state index < -0.39 is 6.29 Å². The van der Waals surface area contributed by atoms with Crippen LogP contribution in [0.1, 0.15) is 26.7 Å². The maximum atomic E-state index is 9.22. The van der Waals surface area contributed by atoms with Crippen LogP contribution in [0.25, 0.3) is 0 Å². The highest BCUT2D eigenvalue weighted by atomic mass is 16.6. The number of hydrogen-bond donors (Lipinski definition) is 1. The van der Waals surface area contributed by atoms with Gasteiger partial charge in [-0.3, -0.25) is 0 Å². The summed E-state index contributed by atoms with van der Waals surface area (Å²) in [7, 11) is 0. The van der Waals surface area contributed by atoms with Crippen molar-refractivity contribution in [2.45, 2.75) is 33.0 Å². The maximum Gasteiger partial charge on any atom is 0.157 e. The Morgan fingerprint density at radius 1 is 1.50 bits per heavy atom. The fourth-order valence-corrected chi connectivity index (χ4v) is 0.809. The summed E-state index contributed by atoms with van der Waals surface area (Å²) in [6, 6.07) is 0. The summed E-state index contributed by atoms with van der Waals surface area (Å²) in [5.41, 5.74) is 0. The lowest BCUT2D eigenvalue weighted by atomic mass is 10.2. The predicted molar refractivity (Wildman–Crippen MR) is 39.5 cm³/mol. The van der Waals surface area contributed by atoms with Crippen molar-refractivity contribution < 1.29 is 9.84 Å². The molecule has 0 saturated heterocycles. The van der Waals surface area contributed by atoms with Crippen molar-refractivity contribution in [1.29, 1.82) is 0 Å². The van der Waals surface area contributed by atoms with E-state index in [2.05, 4.69) is 13.8 Å². The molecule has 10 heavy (non-hydrogen) atoms. The SMILES string of the molecule is CC(C)COC(O)C1CC1. The van der Waals surface area contributed by atoms with Crippen LogP contribution in [0.2, 0.25) is 0 Å². The molecule has 2 nitrogen and oxygen atoms in total. The molecule has 0 aromatic heterocycles. The van der Waals surface area contributed by atoms with Gasteiger partial charge in [-0.25, -0.2) is 0 Å². The first-order valence-electron chi connectivity index (χ1n) is 4.00. The Morgan fingerprint density at radius 2 is 2.10 bits per heavy atom. The van der Waals surface area contributed by atoms with Crippen molar-refractivity contribution in [3.05, 3.63) is 0 Å². The molecule has 60 valence electrons. The van der Waals surface area contributed by atoms with E-state index >= 15 is 0 Å². The monoisotopic (exact) mass is 144 g/mol. The minimum absolute atomic E-state index is 0.443. The Hall–Kier alpha value is -0.0800. The molecule has 1 unspecified atom stereocenters. The lowest BCUT2D eigenvalue weighted by molar-refractivity contribution is -0.119. The summed E-state index contributed by atoms with van der Waals surface area (Å²) in [4.78, 5) is 0. The van der Waals surface area contributed by atoms with Gasteiger partial charge in [0.25, 0.3) is 0 Å². The van der Waals surface area contributed by atoms with Gasteiger partial charge in [0.1, 0.15) is 0 Å². The number of rotatable bonds is 4. The molecule has 0 bridgehead atoms. The van der Waals surface area contributed by atoms with Gasteiger partial charge in [-0.1, -0.05) is 13.8 Å². The highest BCUT2D eigenvalue weighted by Crippen LogP contribution is 2.33. The fourth-order valence-electron chi connectivity index (χ4n) is 0.809. The summed E-state index contributed by atoms with van der Waals surface area (Å²) < 4.78 is 5.18. The lowest BCUT2D eigenvalue weighted by Crippen LogP contribution is -2.17. The summed E-state index contributed by atoms with van der Waals surface area (Å²) >= 11 is 0. The zero-order chi connectivity index (χ0) is 7.56. The van der Waals surface area contributed by atoms with Crippen molar-refractivity contribution in [1.82, 2.24) is 0 Å². The zero-order valence-electron chi connectivity index (χ0n) is 6.71. The maximum absolute atomic E-state index is 9.22. The molecule has 1 N–H and O–H groups in total. The normalized spacial score (nSPS) is 21.6. The zero-order valence-corrected chi connectivity index (χ0v) is 6.71. The van der Waals surface area contributed by atoms with Gasteiger partial charge in [0.15, 0.2) is 6.29 Å². The Balaban J connectivity index is 2.00. The Kier molecular flexibility index (Phi) is 2.69. The van der Waals surface area contributed by atoms with Gasteiger partial charge in [-0.2, -0.15) is 0 Å². The Morgan fingerprint density at radius 3 is 2.50 bits per heavy atom. The molecule has 2 heteroatoms. The van der Waals surface area contributed by atoms with Crippen LogP contribution in [-0.4, -0.2) is 18.0 Å². The first-order valence-corrected chi connectivity index (χ1v) is 4.00. The van der Waals surface area contributed by atoms with Crippen molar-refractivity contribution in [2.24, 2.45) is 11.8 Å². The molecular weight excluding hydrogens is 128 g/mol. The molecule has 0 aliphatic heterocycles. The lowest BCUT2D eigenvalue weighted by Gasteiger charge is -2.11. The average molecular weight is 144 g/mol. The molecule has 1 saturated carbocycles. The predicted octanol–water partition coefficient (Wildman–Crippen LogP) is 1.39. The van der Waals surface area contributed by atoms with E-state index in [1.54, 1.807) is 0 Å². The van der Waals surface area contributed by atoms with Crippen LogP contribution in [0.5, 0.6) is 0 Å². The van der Waals surface area contributed by atoms with Crippen LogP contribution in [-0.2, 0) is 4.74 Å². The molecule has 0 aromatic carbocycles. The molecule has 0 aromatic rings. The van der Waals surface area contributed by atoms with E-state index in [4.69, 9.17) is 4.74 Å². The van der Waals surface area contributed by atoms with Gasteiger partial charge in [-0.05, 0) is 18.8 Å². The quantitative estimate of drug-likeness (QED) is 0.604. The second kappa shape index (κ2) is 3.35. The summed E-state index contributed by atoms with van der Waals surface area (Å²) in [5, 5.41) is 9.22. The van der Waals surface area contributed by atoms with Crippen LogP contribution in [0.15, 0.2) is 0 Å². The van der Waals surface area contributed by atoms with Crippen molar-refractivity contribution >= 4 is 0 Å². The first kappa shape index (κ1) is 8.02. The third kappa shape index (κ3) is 2.67. The summed E-state index contributed by atoms with van der Waals surface area (Å²) in [5.74, 6) is 0.965. The Labute approximate surface area is 62.2 Å². The van der Waals surface area contributed by atoms with Gasteiger partial charge < -0.3 is 9.84 Å². The van der Waals surface area contributed by atoms with E-state index in [-0.39, 0.29) is 0 Å². The molecule has 1 aliphatic rings. The van der Waals surface area contributed by atoms with Crippen LogP contribution in [0.4, 0.5) is 0 Å². The summed E-state index contributed by atoms with van der Waals surface area (Å²) in [6.45, 7) is 4.84. The van der Waals surface area contributed by atoms with E-state index in [0.29, 0.717) is 18.4 Å². The third-order valence-corrected chi connectivity index (χ3v) is 1.63. The van der Waals surface area contributed by atoms with E-state index in [0.717, 1.165) is 12.8 Å². The molecule has 0 heterocycles. The Bertz CT molecular complexity index is 97.4. The molecule has 1 aliphatic carbocycles. The molecule has 1 atom stereocenters. The number of ether oxygens (including phenoxy) is 1. The topological polar surface area (TPSA) is 29.5 Å². The van der Waals surface area contributed by atoms with E-state index in [9.17, 15) is 5.11 Å². The van der Waals surface area contributed by atoms with Crippen molar-refractivity contribution in [3.63, 3.8) is 0 Å². The standard InChI is InChI=1S/C8H16O2/c1-6(2)5-10-8(9)7-3-4-7/h6-9H,3-5H2,1-2H3. The third-order valence-electron chi connectivity index (χ3n) is 1.63. The summed E-state index contributed by atoms with van der Waals surface area (Å²) in [6.07, 6.45) is 1.79. The smallest absolute Gasteiger partial charge is 0.157 e. The first-order chi connectivity index (χ1) is 4.70. The molecule has 1 rings (SSSR count). The molecule has 0 amide bonds. The minimum atomic E-state index is -0.484. The van der Waals surface area contributed by atoms with Gasteiger partial charge in [-0.15, -0.1) is 0 Å². The van der Waals surface area contributed by atoms with Gasteiger partial charge in [0.05, 0.1) is 6.61 Å². The number of aliphatic hydroxyl groups excluding tert-OH is 1. The highest BCUT2D eigenvalue weighted by molar-refractivity contribution is 4.75. The largest absolute Gasteiger partial charge is 0.368 e. The second-order valence-corrected chi connectivity index (χ2v) is 3.46. The molecule has 1 fully saturated rings.